The number of nitrogens with one attached hydrogen (secondary N) is 1. The molecule has 2 aliphatic rings. The van der Waals surface area contributed by atoms with Gasteiger partial charge in [0.05, 0.1) is 5.92 Å². The molecule has 5 heteroatoms. The second kappa shape index (κ2) is 4.67. The van der Waals surface area contributed by atoms with Gasteiger partial charge in [-0.15, -0.1) is 0 Å². The molecule has 106 valence electrons. The topological polar surface area (TPSA) is 66.4 Å². The van der Waals surface area contributed by atoms with E-state index in [1.54, 1.807) is 18.2 Å². The Morgan fingerprint density at radius 2 is 2.15 bits per heavy atom. The molecule has 1 aromatic rings. The molecule has 0 bridgehead atoms. The standard InChI is InChI=1S/C15H16BrNO3/c1-8-2-5-13(18)11(6-8)15(20)10-7-9(16)3-4-12(10)17-14(15)19/h3-4,7-8,11,20H,2,5-6H2,1H3,(H,17,19)/t8-,11+,15+/m1/s1. The van der Waals surface area contributed by atoms with Gasteiger partial charge in [-0.2, -0.15) is 0 Å². The third-order valence-electron chi connectivity index (χ3n) is 4.40. The average molecular weight is 338 g/mol. The van der Waals surface area contributed by atoms with E-state index in [2.05, 4.69) is 28.2 Å². The van der Waals surface area contributed by atoms with E-state index in [-0.39, 0.29) is 5.78 Å². The third kappa shape index (κ3) is 1.91. The van der Waals surface area contributed by atoms with Crippen molar-refractivity contribution in [1.29, 1.82) is 0 Å². The van der Waals surface area contributed by atoms with Crippen LogP contribution in [-0.4, -0.2) is 16.8 Å². The first-order chi connectivity index (χ1) is 9.42. The SMILES string of the molecule is C[C@@H]1CCC(=O)[C@@H]([C@]2(O)C(=O)Nc3ccc(Br)cc32)C1. The molecule has 1 heterocycles. The molecule has 1 fully saturated rings. The van der Waals surface area contributed by atoms with Crippen LogP contribution in [0.5, 0.6) is 0 Å². The lowest BCUT2D eigenvalue weighted by Gasteiger charge is -2.35. The molecule has 0 aromatic heterocycles. The number of ketones is 1. The molecule has 1 aliphatic carbocycles. The summed E-state index contributed by atoms with van der Waals surface area (Å²) in [7, 11) is 0. The van der Waals surface area contributed by atoms with E-state index < -0.39 is 17.4 Å². The predicted molar refractivity (Wildman–Crippen MR) is 78.2 cm³/mol. The number of hydrogen-bond acceptors (Lipinski definition) is 3. The number of fused-ring (bicyclic) bond motifs is 1. The number of aliphatic hydroxyl groups is 1. The second-order valence-electron chi connectivity index (χ2n) is 5.81. The number of rotatable bonds is 1. The van der Waals surface area contributed by atoms with Gasteiger partial charge in [-0.3, -0.25) is 9.59 Å². The zero-order chi connectivity index (χ0) is 14.5. The van der Waals surface area contributed by atoms with E-state index in [4.69, 9.17) is 0 Å². The average Bonchev–Trinajstić information content (AvgIpc) is 2.66. The predicted octanol–water partition coefficient (Wildman–Crippen LogP) is 2.59. The molecule has 1 amide bonds. The molecule has 0 saturated heterocycles. The maximum Gasteiger partial charge on any atom is 0.261 e. The Morgan fingerprint density at radius 1 is 1.40 bits per heavy atom. The molecule has 4 nitrogen and oxygen atoms in total. The van der Waals surface area contributed by atoms with Gasteiger partial charge in [0.1, 0.15) is 5.78 Å². The van der Waals surface area contributed by atoms with Gasteiger partial charge in [-0.25, -0.2) is 0 Å². The highest BCUT2D eigenvalue weighted by Gasteiger charge is 2.54. The maximum atomic E-state index is 12.3. The quantitative estimate of drug-likeness (QED) is 0.827. The summed E-state index contributed by atoms with van der Waals surface area (Å²) in [4.78, 5) is 24.5. The number of anilines is 1. The number of hydrogen-bond donors (Lipinski definition) is 2. The lowest BCUT2D eigenvalue weighted by molar-refractivity contribution is -0.151. The number of carbonyl (C=O) groups excluding carboxylic acids is 2. The highest BCUT2D eigenvalue weighted by molar-refractivity contribution is 9.10. The lowest BCUT2D eigenvalue weighted by atomic mass is 9.70. The van der Waals surface area contributed by atoms with Crippen molar-refractivity contribution in [2.45, 2.75) is 31.8 Å². The van der Waals surface area contributed by atoms with Crippen LogP contribution < -0.4 is 5.32 Å². The minimum atomic E-state index is -1.73. The van der Waals surface area contributed by atoms with E-state index in [0.717, 1.165) is 10.9 Å². The van der Waals surface area contributed by atoms with Crippen LogP contribution in [0.1, 0.15) is 31.7 Å². The highest BCUT2D eigenvalue weighted by Crippen LogP contribution is 2.46. The van der Waals surface area contributed by atoms with Gasteiger partial charge in [0, 0.05) is 22.1 Å². The van der Waals surface area contributed by atoms with Crippen LogP contribution in [0.2, 0.25) is 0 Å². The summed E-state index contributed by atoms with van der Waals surface area (Å²) in [5.41, 5.74) is -0.638. The van der Waals surface area contributed by atoms with Crippen molar-refractivity contribution < 1.29 is 14.7 Å². The molecule has 1 aromatic carbocycles. The summed E-state index contributed by atoms with van der Waals surface area (Å²) in [6.45, 7) is 2.05. The van der Waals surface area contributed by atoms with E-state index in [0.29, 0.717) is 30.0 Å². The molecule has 2 N–H and O–H groups in total. The Bertz CT molecular complexity index is 601. The van der Waals surface area contributed by atoms with Gasteiger partial charge in [0.25, 0.3) is 5.91 Å². The third-order valence-corrected chi connectivity index (χ3v) is 4.89. The largest absolute Gasteiger partial charge is 0.375 e. The zero-order valence-electron chi connectivity index (χ0n) is 11.1. The van der Waals surface area contributed by atoms with Crippen LogP contribution in [0.25, 0.3) is 0 Å². The second-order valence-corrected chi connectivity index (χ2v) is 6.72. The molecule has 20 heavy (non-hydrogen) atoms. The number of Topliss-reactive ketones (excluding diaryl/α,β-unsaturated/α-hetero) is 1. The van der Waals surface area contributed by atoms with Crippen molar-refractivity contribution in [3.05, 3.63) is 28.2 Å². The van der Waals surface area contributed by atoms with Crippen molar-refractivity contribution in [2.75, 3.05) is 5.32 Å². The van der Waals surface area contributed by atoms with Crippen LogP contribution in [0.15, 0.2) is 22.7 Å². The molecule has 3 atom stereocenters. The van der Waals surface area contributed by atoms with Crippen LogP contribution in [0, 0.1) is 11.8 Å². The highest BCUT2D eigenvalue weighted by atomic mass is 79.9. The smallest absolute Gasteiger partial charge is 0.261 e. The fourth-order valence-corrected chi connectivity index (χ4v) is 3.61. The van der Waals surface area contributed by atoms with Gasteiger partial charge < -0.3 is 10.4 Å². The Hall–Kier alpha value is -1.20. The lowest BCUT2D eigenvalue weighted by Crippen LogP contribution is -2.47. The van der Waals surface area contributed by atoms with Crippen molar-refractivity contribution in [2.24, 2.45) is 11.8 Å². The monoisotopic (exact) mass is 337 g/mol. The molecule has 0 radical (unpaired) electrons. The van der Waals surface area contributed by atoms with Gasteiger partial charge >= 0.3 is 0 Å². The first-order valence-corrected chi connectivity index (χ1v) is 7.58. The molecular weight excluding hydrogens is 322 g/mol. The minimum absolute atomic E-state index is 0.0198. The fourth-order valence-electron chi connectivity index (χ4n) is 3.24. The molecule has 3 rings (SSSR count). The Labute approximate surface area is 125 Å². The van der Waals surface area contributed by atoms with Crippen molar-refractivity contribution in [3.8, 4) is 0 Å². The van der Waals surface area contributed by atoms with Crippen LogP contribution in [0.3, 0.4) is 0 Å². The molecule has 0 unspecified atom stereocenters. The Balaban J connectivity index is 2.09. The van der Waals surface area contributed by atoms with Gasteiger partial charge in [-0.05, 0) is 37.0 Å². The zero-order valence-corrected chi connectivity index (χ0v) is 12.7. The minimum Gasteiger partial charge on any atom is -0.375 e. The molecular formula is C15H16BrNO3. The summed E-state index contributed by atoms with van der Waals surface area (Å²) in [5, 5.41) is 13.7. The Morgan fingerprint density at radius 3 is 2.90 bits per heavy atom. The van der Waals surface area contributed by atoms with Gasteiger partial charge in [-0.1, -0.05) is 22.9 Å². The summed E-state index contributed by atoms with van der Waals surface area (Å²) in [6.07, 6.45) is 1.82. The van der Waals surface area contributed by atoms with E-state index >= 15 is 0 Å². The van der Waals surface area contributed by atoms with Crippen molar-refractivity contribution in [1.82, 2.24) is 0 Å². The van der Waals surface area contributed by atoms with E-state index in [9.17, 15) is 14.7 Å². The number of halogens is 1. The van der Waals surface area contributed by atoms with E-state index in [1.807, 2.05) is 0 Å². The molecule has 1 saturated carbocycles. The number of carbonyl (C=O) groups is 2. The summed E-state index contributed by atoms with van der Waals surface area (Å²) >= 11 is 3.35. The molecule has 0 spiro atoms. The summed E-state index contributed by atoms with van der Waals surface area (Å²) < 4.78 is 0.780. The van der Waals surface area contributed by atoms with Crippen molar-refractivity contribution >= 4 is 33.3 Å². The maximum absolute atomic E-state index is 12.3. The van der Waals surface area contributed by atoms with Crippen LogP contribution in [0.4, 0.5) is 5.69 Å². The van der Waals surface area contributed by atoms with Crippen molar-refractivity contribution in [3.63, 3.8) is 0 Å². The van der Waals surface area contributed by atoms with Crippen LogP contribution >= 0.6 is 15.9 Å². The van der Waals surface area contributed by atoms with E-state index in [1.165, 1.54) is 0 Å². The van der Waals surface area contributed by atoms with Gasteiger partial charge in [0.15, 0.2) is 5.60 Å². The summed E-state index contributed by atoms with van der Waals surface area (Å²) in [5.74, 6) is -0.820. The van der Waals surface area contributed by atoms with Crippen LogP contribution in [-0.2, 0) is 15.2 Å². The first kappa shape index (κ1) is 13.8. The first-order valence-electron chi connectivity index (χ1n) is 6.79. The number of amides is 1. The fraction of sp³-hybridized carbons (Fsp3) is 0.467. The normalized spacial score (nSPS) is 33.0. The Kier molecular flexibility index (Phi) is 3.21. The molecule has 1 aliphatic heterocycles. The van der Waals surface area contributed by atoms with Gasteiger partial charge in [0.2, 0.25) is 0 Å². The number of benzene rings is 1. The summed E-state index contributed by atoms with van der Waals surface area (Å²) in [6, 6.07) is 5.27.